The third-order valence-corrected chi connectivity index (χ3v) is 3.28. The van der Waals surface area contributed by atoms with Crippen molar-refractivity contribution in [2.45, 2.75) is 20.8 Å². The van der Waals surface area contributed by atoms with E-state index in [1.807, 2.05) is 26.0 Å². The fourth-order valence-electron chi connectivity index (χ4n) is 1.48. The van der Waals surface area contributed by atoms with E-state index in [4.69, 9.17) is 5.73 Å². The highest BCUT2D eigenvalue weighted by Gasteiger charge is 2.10. The third-order valence-electron chi connectivity index (χ3n) is 2.21. The van der Waals surface area contributed by atoms with Gasteiger partial charge in [-0.3, -0.25) is 4.98 Å². The molecular weight excluding hydrogens is 303 g/mol. The van der Waals surface area contributed by atoms with Crippen LogP contribution >= 0.6 is 36.2 Å². The second kappa shape index (κ2) is 7.43. The zero-order chi connectivity index (χ0) is 12.4. The third kappa shape index (κ3) is 4.45. The van der Waals surface area contributed by atoms with E-state index in [0.29, 0.717) is 11.0 Å². The molecule has 0 saturated carbocycles. The van der Waals surface area contributed by atoms with E-state index in [9.17, 15) is 0 Å². The number of thiazole rings is 1. The van der Waals surface area contributed by atoms with Crippen LogP contribution in [0.1, 0.15) is 18.2 Å². The number of aromatic nitrogens is 2. The van der Waals surface area contributed by atoms with Gasteiger partial charge in [-0.05, 0) is 38.5 Å². The van der Waals surface area contributed by atoms with Gasteiger partial charge in [-0.1, -0.05) is 11.3 Å². The van der Waals surface area contributed by atoms with Crippen LogP contribution in [0.3, 0.4) is 0 Å². The molecule has 104 valence electrons. The topological polar surface area (TPSA) is 64.2 Å². The molecule has 0 radical (unpaired) electrons. The minimum atomic E-state index is 0. The molecule has 0 aliphatic carbocycles. The predicted octanol–water partition coefficient (Wildman–Crippen LogP) is 3.67. The first kappa shape index (κ1) is 17.8. The first-order valence-electron chi connectivity index (χ1n) is 5.27. The highest BCUT2D eigenvalue weighted by molar-refractivity contribution is 7.18. The second-order valence-corrected chi connectivity index (χ2v) is 4.86. The van der Waals surface area contributed by atoms with Gasteiger partial charge in [-0.25, -0.2) is 9.98 Å². The van der Waals surface area contributed by atoms with Crippen LogP contribution in [0, 0.1) is 13.8 Å². The number of hydrogen-bond acceptors (Lipinski definition) is 4. The van der Waals surface area contributed by atoms with E-state index in [0.717, 1.165) is 16.3 Å². The molecule has 0 atom stereocenters. The summed E-state index contributed by atoms with van der Waals surface area (Å²) in [5, 5.41) is 0.681. The molecule has 0 saturated heterocycles. The van der Waals surface area contributed by atoms with Gasteiger partial charge in [0.1, 0.15) is 0 Å². The molecule has 2 heterocycles. The zero-order valence-electron chi connectivity index (χ0n) is 10.9. The van der Waals surface area contributed by atoms with E-state index < -0.39 is 0 Å². The van der Waals surface area contributed by atoms with Crippen molar-refractivity contribution >= 4 is 47.1 Å². The Morgan fingerprint density at radius 3 is 2.58 bits per heavy atom. The molecule has 0 amide bonds. The summed E-state index contributed by atoms with van der Waals surface area (Å²) in [6.07, 6.45) is 1.81. The van der Waals surface area contributed by atoms with Crippen molar-refractivity contribution in [3.8, 4) is 10.6 Å². The van der Waals surface area contributed by atoms with Crippen LogP contribution in [0.25, 0.3) is 10.6 Å². The van der Waals surface area contributed by atoms with Crippen LogP contribution in [0.5, 0.6) is 0 Å². The maximum atomic E-state index is 5.55. The van der Waals surface area contributed by atoms with Gasteiger partial charge < -0.3 is 5.73 Å². The van der Waals surface area contributed by atoms with E-state index in [2.05, 4.69) is 15.0 Å². The first-order valence-corrected chi connectivity index (χ1v) is 6.09. The van der Waals surface area contributed by atoms with Gasteiger partial charge in [0, 0.05) is 6.20 Å². The Balaban J connectivity index is 0.00000162. The van der Waals surface area contributed by atoms with Gasteiger partial charge in [0.25, 0.3) is 0 Å². The molecule has 0 fully saturated rings. The van der Waals surface area contributed by atoms with Crippen LogP contribution in [0.2, 0.25) is 0 Å². The molecule has 0 aliphatic rings. The minimum absolute atomic E-state index is 0. The van der Waals surface area contributed by atoms with Gasteiger partial charge in [-0.15, -0.1) is 24.8 Å². The zero-order valence-corrected chi connectivity index (χ0v) is 13.3. The highest BCUT2D eigenvalue weighted by atomic mass is 35.5. The summed E-state index contributed by atoms with van der Waals surface area (Å²) in [7, 11) is 0. The summed E-state index contributed by atoms with van der Waals surface area (Å²) in [5.74, 6) is 0.516. The normalized spacial score (nSPS) is 10.6. The summed E-state index contributed by atoms with van der Waals surface area (Å²) in [6, 6.07) is 4.02. The number of rotatable bonds is 2. The summed E-state index contributed by atoms with van der Waals surface area (Å²) in [4.78, 5) is 13.9. The van der Waals surface area contributed by atoms with Gasteiger partial charge >= 0.3 is 0 Å². The molecule has 4 nitrogen and oxygen atoms in total. The lowest BCUT2D eigenvalue weighted by Crippen LogP contribution is -2.03. The number of aliphatic imine (C=N–C) groups is 1. The lowest BCUT2D eigenvalue weighted by Gasteiger charge is -1.98. The fraction of sp³-hybridized carbons (Fsp3) is 0.250. The number of nitrogens with zero attached hydrogens (tertiary/aromatic N) is 3. The van der Waals surface area contributed by atoms with Gasteiger partial charge in [0.15, 0.2) is 0 Å². The second-order valence-electron chi connectivity index (χ2n) is 3.88. The van der Waals surface area contributed by atoms with Crippen LogP contribution < -0.4 is 5.73 Å². The number of pyridine rings is 1. The lowest BCUT2D eigenvalue weighted by atomic mass is 10.2. The summed E-state index contributed by atoms with van der Waals surface area (Å²) >= 11 is 1.51. The Morgan fingerprint density at radius 1 is 1.32 bits per heavy atom. The average Bonchev–Trinajstić information content (AvgIpc) is 2.58. The SMILES string of the molecule is C/C(N)=N/c1nc(C)c(-c2cc(C)ccn2)s1.Cl.Cl. The lowest BCUT2D eigenvalue weighted by molar-refractivity contribution is 1.22. The van der Waals surface area contributed by atoms with E-state index in [-0.39, 0.29) is 24.8 Å². The van der Waals surface area contributed by atoms with Crippen molar-refractivity contribution in [2.24, 2.45) is 10.7 Å². The molecule has 7 heteroatoms. The molecule has 2 N–H and O–H groups in total. The number of hydrogen-bond donors (Lipinski definition) is 1. The molecule has 0 spiro atoms. The number of nitrogens with two attached hydrogens (primary N) is 1. The number of halogens is 2. The van der Waals surface area contributed by atoms with Crippen LogP contribution in [0.15, 0.2) is 23.3 Å². The molecule has 0 bridgehead atoms. The van der Waals surface area contributed by atoms with Crippen molar-refractivity contribution in [1.29, 1.82) is 0 Å². The van der Waals surface area contributed by atoms with Crippen LogP contribution in [-0.2, 0) is 0 Å². The smallest absolute Gasteiger partial charge is 0.211 e. The maximum absolute atomic E-state index is 5.55. The highest BCUT2D eigenvalue weighted by Crippen LogP contribution is 2.33. The van der Waals surface area contributed by atoms with Gasteiger partial charge in [-0.2, -0.15) is 0 Å². The van der Waals surface area contributed by atoms with Crippen molar-refractivity contribution in [3.63, 3.8) is 0 Å². The van der Waals surface area contributed by atoms with Crippen molar-refractivity contribution < 1.29 is 0 Å². The molecule has 2 rings (SSSR count). The Labute approximate surface area is 129 Å². The Bertz CT molecular complexity index is 577. The predicted molar refractivity (Wildman–Crippen MR) is 86.3 cm³/mol. The standard InChI is InChI=1S/C12H14N4S.2ClH/c1-7-4-5-14-10(6-7)11-8(2)15-12(17-11)16-9(3)13;;/h4-6H,1-3H3,(H2,13,15,16);2*1H. The Kier molecular flexibility index (Phi) is 6.97. The van der Waals surface area contributed by atoms with Crippen molar-refractivity contribution in [1.82, 2.24) is 9.97 Å². The number of aryl methyl sites for hydroxylation is 2. The molecule has 2 aromatic rings. The summed E-state index contributed by atoms with van der Waals surface area (Å²) < 4.78 is 0. The van der Waals surface area contributed by atoms with Gasteiger partial charge in [0.05, 0.1) is 22.1 Å². The first-order chi connectivity index (χ1) is 8.06. The maximum Gasteiger partial charge on any atom is 0.211 e. The quantitative estimate of drug-likeness (QED) is 0.678. The van der Waals surface area contributed by atoms with Gasteiger partial charge in [0.2, 0.25) is 5.13 Å². The minimum Gasteiger partial charge on any atom is -0.387 e. The molecule has 0 unspecified atom stereocenters. The van der Waals surface area contributed by atoms with Crippen molar-refractivity contribution in [2.75, 3.05) is 0 Å². The summed E-state index contributed by atoms with van der Waals surface area (Å²) in [6.45, 7) is 5.76. The fourth-order valence-corrected chi connectivity index (χ4v) is 2.44. The molecule has 0 aromatic carbocycles. The molecule has 19 heavy (non-hydrogen) atoms. The van der Waals surface area contributed by atoms with E-state index >= 15 is 0 Å². The molecule has 2 aromatic heterocycles. The average molecular weight is 319 g/mol. The molecular formula is C12H16Cl2N4S. The number of amidine groups is 1. The Hall–Kier alpha value is -1.17. The van der Waals surface area contributed by atoms with Crippen LogP contribution in [0.4, 0.5) is 5.13 Å². The van der Waals surface area contributed by atoms with Crippen LogP contribution in [-0.4, -0.2) is 15.8 Å². The van der Waals surface area contributed by atoms with Crippen molar-refractivity contribution in [3.05, 3.63) is 29.6 Å². The monoisotopic (exact) mass is 318 g/mol. The van der Waals surface area contributed by atoms with E-state index in [1.165, 1.54) is 16.9 Å². The summed E-state index contributed by atoms with van der Waals surface area (Å²) in [5.41, 5.74) is 8.61. The molecule has 0 aliphatic heterocycles. The van der Waals surface area contributed by atoms with E-state index in [1.54, 1.807) is 13.1 Å². The Morgan fingerprint density at radius 2 is 2.00 bits per heavy atom. The largest absolute Gasteiger partial charge is 0.387 e.